The van der Waals surface area contributed by atoms with Crippen LogP contribution in [0.25, 0.3) is 0 Å². The van der Waals surface area contributed by atoms with Crippen LogP contribution in [0, 0.1) is 5.82 Å². The van der Waals surface area contributed by atoms with Gasteiger partial charge in [-0.25, -0.2) is 9.18 Å². The summed E-state index contributed by atoms with van der Waals surface area (Å²) in [6, 6.07) is 6.10. The normalized spacial score (nSPS) is 10.1. The molecule has 1 aromatic rings. The number of benzene rings is 1. The van der Waals surface area contributed by atoms with E-state index in [0.29, 0.717) is 13.0 Å². The second-order valence-corrected chi connectivity index (χ2v) is 3.62. The highest BCUT2D eigenvalue weighted by Crippen LogP contribution is 2.03. The molecule has 0 aliphatic heterocycles. The third kappa shape index (κ3) is 5.95. The van der Waals surface area contributed by atoms with Gasteiger partial charge >= 0.3 is 5.97 Å². The average molecular weight is 255 g/mol. The first-order chi connectivity index (χ1) is 8.58. The Morgan fingerprint density at radius 2 is 2.11 bits per heavy atom. The van der Waals surface area contributed by atoms with Crippen LogP contribution in [0.5, 0.6) is 0 Å². The molecule has 0 heterocycles. The number of rotatable bonds is 7. The van der Waals surface area contributed by atoms with Crippen molar-refractivity contribution in [1.82, 2.24) is 5.32 Å². The molecule has 0 atom stereocenters. The monoisotopic (exact) mass is 255 g/mol. The van der Waals surface area contributed by atoms with E-state index in [2.05, 4.69) is 10.1 Å². The lowest BCUT2D eigenvalue weighted by Gasteiger charge is -2.05. The maximum atomic E-state index is 12.8. The third-order valence-corrected chi connectivity index (χ3v) is 2.08. The molecule has 18 heavy (non-hydrogen) atoms. The molecular formula is C12H14FNO4. The highest BCUT2D eigenvalue weighted by Gasteiger charge is 2.03. The second kappa shape index (κ2) is 7.39. The topological polar surface area (TPSA) is 75.6 Å². The Bertz CT molecular complexity index is 422. The van der Waals surface area contributed by atoms with Gasteiger partial charge in [-0.15, -0.1) is 0 Å². The van der Waals surface area contributed by atoms with Crippen LogP contribution in [0.1, 0.15) is 5.56 Å². The van der Waals surface area contributed by atoms with E-state index in [4.69, 9.17) is 5.11 Å². The molecule has 1 rings (SSSR count). The lowest BCUT2D eigenvalue weighted by molar-refractivity contribution is -0.143. The number of amides is 1. The molecule has 2 N–H and O–H groups in total. The number of carbonyl (C=O) groups is 2. The molecule has 0 aliphatic rings. The quantitative estimate of drug-likeness (QED) is 0.747. The molecule has 0 aromatic heterocycles. The molecule has 0 saturated heterocycles. The number of hydrogen-bond donors (Lipinski definition) is 2. The van der Waals surface area contributed by atoms with Crippen LogP contribution >= 0.6 is 0 Å². The molecule has 5 nitrogen and oxygen atoms in total. The van der Waals surface area contributed by atoms with E-state index < -0.39 is 18.5 Å². The molecule has 0 spiro atoms. The molecule has 0 bridgehead atoms. The number of ether oxygens (including phenoxy) is 1. The molecule has 6 heteroatoms. The molecule has 1 amide bonds. The molecular weight excluding hydrogens is 241 g/mol. The zero-order chi connectivity index (χ0) is 13.4. The van der Waals surface area contributed by atoms with Crippen molar-refractivity contribution in [2.24, 2.45) is 0 Å². The molecule has 1 aromatic carbocycles. The highest BCUT2D eigenvalue weighted by atomic mass is 19.1. The summed E-state index contributed by atoms with van der Waals surface area (Å²) in [5.74, 6) is -1.83. The van der Waals surface area contributed by atoms with Crippen molar-refractivity contribution in [1.29, 1.82) is 0 Å². The van der Waals surface area contributed by atoms with Crippen LogP contribution in [0.2, 0.25) is 0 Å². The Labute approximate surface area is 104 Å². The maximum Gasteiger partial charge on any atom is 0.329 e. The number of aliphatic carboxylic acids is 1. The SMILES string of the molecule is O=C(O)COCC(=O)NCCc1cccc(F)c1. The van der Waals surface area contributed by atoms with E-state index in [-0.39, 0.29) is 12.4 Å². The van der Waals surface area contributed by atoms with Crippen molar-refractivity contribution >= 4 is 11.9 Å². The van der Waals surface area contributed by atoms with Gasteiger partial charge in [0.25, 0.3) is 0 Å². The van der Waals surface area contributed by atoms with Gasteiger partial charge in [0.15, 0.2) is 0 Å². The van der Waals surface area contributed by atoms with Crippen LogP contribution in [-0.2, 0) is 20.7 Å². The predicted molar refractivity (Wildman–Crippen MR) is 61.6 cm³/mol. The van der Waals surface area contributed by atoms with Crippen LogP contribution in [0.4, 0.5) is 4.39 Å². The van der Waals surface area contributed by atoms with E-state index in [1.807, 2.05) is 0 Å². The maximum absolute atomic E-state index is 12.8. The fourth-order valence-corrected chi connectivity index (χ4v) is 1.32. The molecule has 0 saturated carbocycles. The molecule has 0 aliphatic carbocycles. The Hall–Kier alpha value is -1.95. The molecule has 0 radical (unpaired) electrons. The van der Waals surface area contributed by atoms with Crippen molar-refractivity contribution in [2.45, 2.75) is 6.42 Å². The van der Waals surface area contributed by atoms with Gasteiger partial charge < -0.3 is 15.2 Å². The first-order valence-corrected chi connectivity index (χ1v) is 5.38. The van der Waals surface area contributed by atoms with E-state index >= 15 is 0 Å². The lowest BCUT2D eigenvalue weighted by atomic mass is 10.1. The molecule has 98 valence electrons. The van der Waals surface area contributed by atoms with Gasteiger partial charge in [-0.2, -0.15) is 0 Å². The van der Waals surface area contributed by atoms with Gasteiger partial charge in [0, 0.05) is 6.54 Å². The Kier molecular flexibility index (Phi) is 5.79. The second-order valence-electron chi connectivity index (χ2n) is 3.62. The fourth-order valence-electron chi connectivity index (χ4n) is 1.32. The average Bonchev–Trinajstić information content (AvgIpc) is 2.28. The number of nitrogens with one attached hydrogen (secondary N) is 1. The van der Waals surface area contributed by atoms with Gasteiger partial charge in [-0.05, 0) is 24.1 Å². The van der Waals surface area contributed by atoms with Crippen molar-refractivity contribution in [3.8, 4) is 0 Å². The van der Waals surface area contributed by atoms with Crippen LogP contribution in [-0.4, -0.2) is 36.7 Å². The Morgan fingerprint density at radius 1 is 1.33 bits per heavy atom. The Morgan fingerprint density at radius 3 is 2.78 bits per heavy atom. The van der Waals surface area contributed by atoms with E-state index in [1.54, 1.807) is 12.1 Å². The first-order valence-electron chi connectivity index (χ1n) is 5.38. The van der Waals surface area contributed by atoms with Gasteiger partial charge in [-0.1, -0.05) is 12.1 Å². The first kappa shape index (κ1) is 14.1. The number of hydrogen-bond acceptors (Lipinski definition) is 3. The minimum absolute atomic E-state index is 0.296. The molecule has 0 unspecified atom stereocenters. The predicted octanol–water partition coefficient (Wildman–Crippen LogP) is 0.586. The number of carboxylic acids is 1. The van der Waals surface area contributed by atoms with Crippen LogP contribution in [0.3, 0.4) is 0 Å². The fraction of sp³-hybridized carbons (Fsp3) is 0.333. The lowest BCUT2D eigenvalue weighted by Crippen LogP contribution is -2.30. The molecule has 0 fully saturated rings. The van der Waals surface area contributed by atoms with E-state index in [1.165, 1.54) is 12.1 Å². The van der Waals surface area contributed by atoms with Gasteiger partial charge in [0.1, 0.15) is 19.0 Å². The zero-order valence-electron chi connectivity index (χ0n) is 9.69. The summed E-state index contributed by atoms with van der Waals surface area (Å²) in [6.07, 6.45) is 0.502. The number of carboxylic acid groups (broad SMARTS) is 1. The van der Waals surface area contributed by atoms with Crippen molar-refractivity contribution in [2.75, 3.05) is 19.8 Å². The van der Waals surface area contributed by atoms with Crippen molar-refractivity contribution in [3.63, 3.8) is 0 Å². The summed E-state index contributed by atoms with van der Waals surface area (Å²) in [5.41, 5.74) is 0.779. The largest absolute Gasteiger partial charge is 0.480 e. The van der Waals surface area contributed by atoms with Crippen LogP contribution in [0.15, 0.2) is 24.3 Å². The zero-order valence-corrected chi connectivity index (χ0v) is 9.69. The summed E-state index contributed by atoms with van der Waals surface area (Å²) < 4.78 is 17.4. The number of halogens is 1. The minimum Gasteiger partial charge on any atom is -0.480 e. The summed E-state index contributed by atoms with van der Waals surface area (Å²) in [5, 5.41) is 10.8. The van der Waals surface area contributed by atoms with E-state index in [0.717, 1.165) is 5.56 Å². The standard InChI is InChI=1S/C12H14FNO4/c13-10-3-1-2-9(6-10)4-5-14-11(15)7-18-8-12(16)17/h1-3,6H,4-5,7-8H2,(H,14,15)(H,16,17). The van der Waals surface area contributed by atoms with Crippen LogP contribution < -0.4 is 5.32 Å². The Balaban J connectivity index is 2.17. The third-order valence-electron chi connectivity index (χ3n) is 2.08. The summed E-state index contributed by atoms with van der Waals surface area (Å²) in [4.78, 5) is 21.3. The van der Waals surface area contributed by atoms with Crippen molar-refractivity contribution in [3.05, 3.63) is 35.6 Å². The van der Waals surface area contributed by atoms with Gasteiger partial charge in [-0.3, -0.25) is 4.79 Å². The summed E-state index contributed by atoms with van der Waals surface area (Å²) >= 11 is 0. The highest BCUT2D eigenvalue weighted by molar-refractivity contribution is 5.77. The van der Waals surface area contributed by atoms with E-state index in [9.17, 15) is 14.0 Å². The van der Waals surface area contributed by atoms with Gasteiger partial charge in [0.05, 0.1) is 0 Å². The van der Waals surface area contributed by atoms with Crippen molar-refractivity contribution < 1.29 is 23.8 Å². The minimum atomic E-state index is -1.12. The summed E-state index contributed by atoms with van der Waals surface area (Å²) in [7, 11) is 0. The smallest absolute Gasteiger partial charge is 0.329 e. The number of carbonyl (C=O) groups excluding carboxylic acids is 1. The van der Waals surface area contributed by atoms with Gasteiger partial charge in [0.2, 0.25) is 5.91 Å². The summed E-state index contributed by atoms with van der Waals surface area (Å²) in [6.45, 7) is -0.453.